The van der Waals surface area contributed by atoms with Crippen LogP contribution in [0.15, 0.2) is 0 Å². The summed E-state index contributed by atoms with van der Waals surface area (Å²) in [5, 5.41) is 12.7. The summed E-state index contributed by atoms with van der Waals surface area (Å²) in [6.45, 7) is 7.80. The molecule has 2 aliphatic heterocycles. The molecule has 3 rings (SSSR count). The second-order valence-electron chi connectivity index (χ2n) is 7.53. The van der Waals surface area contributed by atoms with E-state index >= 15 is 0 Å². The topological polar surface area (TPSA) is 70.3 Å². The lowest BCUT2D eigenvalue weighted by Crippen LogP contribution is -2.34. The quantitative estimate of drug-likeness (QED) is 0.878. The number of ether oxygens (including phenoxy) is 1. The van der Waals surface area contributed by atoms with E-state index < -0.39 is 0 Å². The predicted molar refractivity (Wildman–Crippen MR) is 101 cm³/mol. The summed E-state index contributed by atoms with van der Waals surface area (Å²) in [4.78, 5) is 14.9. The Morgan fingerprint density at radius 3 is 2.58 bits per heavy atom. The van der Waals surface area contributed by atoms with E-state index in [2.05, 4.69) is 20.9 Å². The van der Waals surface area contributed by atoms with Gasteiger partial charge in [0.2, 0.25) is 5.91 Å². The molecule has 1 unspecified atom stereocenters. The van der Waals surface area contributed by atoms with Gasteiger partial charge in [0.1, 0.15) is 11.9 Å². The Morgan fingerprint density at radius 1 is 1.23 bits per heavy atom. The molecule has 1 N–H and O–H groups in total. The molecule has 0 radical (unpaired) electrons. The van der Waals surface area contributed by atoms with E-state index in [-0.39, 0.29) is 12.0 Å². The standard InChI is InChI=1S/C20H30N4O2/c1-15-16(2)24(13-17-8-7-11-26-17)20(18(15)12-21)22-19(25)14-23-9-5-3-4-6-10-23/h17H,3-11,13-14H2,1-2H3,(H,22,25). The zero-order valence-corrected chi connectivity index (χ0v) is 16.0. The monoisotopic (exact) mass is 358 g/mol. The Kier molecular flexibility index (Phi) is 6.33. The Hall–Kier alpha value is -1.84. The van der Waals surface area contributed by atoms with Gasteiger partial charge in [-0.1, -0.05) is 12.8 Å². The van der Waals surface area contributed by atoms with E-state index in [1.807, 2.05) is 13.8 Å². The first-order valence-corrected chi connectivity index (χ1v) is 9.83. The van der Waals surface area contributed by atoms with Crippen LogP contribution in [0.3, 0.4) is 0 Å². The third-order valence-corrected chi connectivity index (χ3v) is 5.68. The van der Waals surface area contributed by atoms with Crippen LogP contribution in [0.2, 0.25) is 0 Å². The molecule has 0 aliphatic carbocycles. The van der Waals surface area contributed by atoms with Crippen molar-refractivity contribution in [2.45, 2.75) is 65.0 Å². The zero-order chi connectivity index (χ0) is 18.5. The van der Waals surface area contributed by atoms with Crippen molar-refractivity contribution in [1.29, 1.82) is 5.26 Å². The van der Waals surface area contributed by atoms with Crippen LogP contribution in [0.1, 0.15) is 55.3 Å². The molecule has 2 fully saturated rings. The Morgan fingerprint density at radius 2 is 1.96 bits per heavy atom. The molecule has 1 amide bonds. The van der Waals surface area contributed by atoms with Crippen molar-refractivity contribution in [3.63, 3.8) is 0 Å². The first-order chi connectivity index (χ1) is 12.6. The summed E-state index contributed by atoms with van der Waals surface area (Å²) in [5.41, 5.74) is 2.54. The zero-order valence-electron chi connectivity index (χ0n) is 16.0. The molecule has 0 spiro atoms. The fourth-order valence-corrected chi connectivity index (χ4v) is 4.02. The SMILES string of the molecule is Cc1c(C#N)c(NC(=O)CN2CCCCCC2)n(CC2CCCO2)c1C. The second kappa shape index (κ2) is 8.70. The number of nitrogens with one attached hydrogen (secondary N) is 1. The van der Waals surface area contributed by atoms with E-state index in [1.165, 1.54) is 12.8 Å². The van der Waals surface area contributed by atoms with Crippen molar-refractivity contribution in [1.82, 2.24) is 9.47 Å². The fourth-order valence-electron chi connectivity index (χ4n) is 4.02. The minimum absolute atomic E-state index is 0.0329. The van der Waals surface area contributed by atoms with E-state index in [0.717, 1.165) is 56.6 Å². The number of hydrogen-bond donors (Lipinski definition) is 1. The van der Waals surface area contributed by atoms with E-state index in [4.69, 9.17) is 4.74 Å². The minimum atomic E-state index is -0.0329. The molecule has 0 bridgehead atoms. The largest absolute Gasteiger partial charge is 0.376 e. The smallest absolute Gasteiger partial charge is 0.239 e. The van der Waals surface area contributed by atoms with Gasteiger partial charge in [0, 0.05) is 12.3 Å². The summed E-state index contributed by atoms with van der Waals surface area (Å²) < 4.78 is 7.83. The van der Waals surface area contributed by atoms with Crippen LogP contribution in [0, 0.1) is 25.2 Å². The van der Waals surface area contributed by atoms with Crippen molar-refractivity contribution < 1.29 is 9.53 Å². The molecule has 1 aromatic rings. The fraction of sp³-hybridized carbons (Fsp3) is 0.700. The van der Waals surface area contributed by atoms with Gasteiger partial charge in [0.05, 0.1) is 24.8 Å². The highest BCUT2D eigenvalue weighted by atomic mass is 16.5. The number of anilines is 1. The lowest BCUT2D eigenvalue weighted by atomic mass is 10.2. The van der Waals surface area contributed by atoms with Crippen LogP contribution in [-0.2, 0) is 16.1 Å². The number of likely N-dealkylation sites (tertiary alicyclic amines) is 1. The first kappa shape index (κ1) is 18.9. The minimum Gasteiger partial charge on any atom is -0.376 e. The molecule has 26 heavy (non-hydrogen) atoms. The van der Waals surface area contributed by atoms with Gasteiger partial charge >= 0.3 is 0 Å². The van der Waals surface area contributed by atoms with Crippen LogP contribution in [0.4, 0.5) is 5.82 Å². The van der Waals surface area contributed by atoms with Crippen LogP contribution in [0.25, 0.3) is 0 Å². The highest BCUT2D eigenvalue weighted by molar-refractivity contribution is 5.93. The average Bonchev–Trinajstić information content (AvgIpc) is 3.10. The molecule has 6 heteroatoms. The molecule has 6 nitrogen and oxygen atoms in total. The van der Waals surface area contributed by atoms with E-state index in [1.54, 1.807) is 0 Å². The number of amides is 1. The van der Waals surface area contributed by atoms with Crippen molar-refractivity contribution in [3.8, 4) is 6.07 Å². The van der Waals surface area contributed by atoms with Gasteiger partial charge in [-0.15, -0.1) is 0 Å². The maximum absolute atomic E-state index is 12.7. The molecular formula is C20H30N4O2. The average molecular weight is 358 g/mol. The van der Waals surface area contributed by atoms with Gasteiger partial charge in [-0.25, -0.2) is 0 Å². The summed E-state index contributed by atoms with van der Waals surface area (Å²) >= 11 is 0. The van der Waals surface area contributed by atoms with Gasteiger partial charge in [-0.05, 0) is 58.2 Å². The summed E-state index contributed by atoms with van der Waals surface area (Å²) in [7, 11) is 0. The first-order valence-electron chi connectivity index (χ1n) is 9.83. The number of nitriles is 1. The molecule has 0 aromatic carbocycles. The molecule has 142 valence electrons. The summed E-state index contributed by atoms with van der Waals surface area (Å²) in [6, 6.07) is 2.28. The van der Waals surface area contributed by atoms with E-state index in [9.17, 15) is 10.1 Å². The lowest BCUT2D eigenvalue weighted by Gasteiger charge is -2.20. The maximum atomic E-state index is 12.7. The van der Waals surface area contributed by atoms with Crippen LogP contribution in [-0.4, -0.2) is 47.7 Å². The van der Waals surface area contributed by atoms with Crippen molar-refractivity contribution in [2.75, 3.05) is 31.6 Å². The molecule has 2 saturated heterocycles. The number of nitrogens with zero attached hydrogens (tertiary/aromatic N) is 3. The number of hydrogen-bond acceptors (Lipinski definition) is 4. The van der Waals surface area contributed by atoms with Gasteiger partial charge in [0.15, 0.2) is 0 Å². The Balaban J connectivity index is 1.75. The normalized spacial score (nSPS) is 21.3. The number of carbonyl (C=O) groups excluding carboxylic acids is 1. The molecule has 1 atom stereocenters. The lowest BCUT2D eigenvalue weighted by molar-refractivity contribution is -0.117. The van der Waals surface area contributed by atoms with Crippen LogP contribution in [0.5, 0.6) is 0 Å². The van der Waals surface area contributed by atoms with Crippen LogP contribution < -0.4 is 5.32 Å². The molecular weight excluding hydrogens is 328 g/mol. The van der Waals surface area contributed by atoms with Gasteiger partial charge in [-0.2, -0.15) is 5.26 Å². The molecule has 0 saturated carbocycles. The number of rotatable bonds is 5. The Bertz CT molecular complexity index is 675. The molecule has 2 aliphatic rings. The van der Waals surface area contributed by atoms with Crippen molar-refractivity contribution in [3.05, 3.63) is 16.8 Å². The third-order valence-electron chi connectivity index (χ3n) is 5.68. The van der Waals surface area contributed by atoms with E-state index in [0.29, 0.717) is 24.5 Å². The maximum Gasteiger partial charge on any atom is 0.239 e. The van der Waals surface area contributed by atoms with Gasteiger partial charge in [-0.3, -0.25) is 9.69 Å². The van der Waals surface area contributed by atoms with Crippen molar-refractivity contribution in [2.24, 2.45) is 0 Å². The highest BCUT2D eigenvalue weighted by Crippen LogP contribution is 2.28. The number of aromatic nitrogens is 1. The molecule has 3 heterocycles. The van der Waals surface area contributed by atoms with Gasteiger partial charge in [0.25, 0.3) is 0 Å². The summed E-state index contributed by atoms with van der Waals surface area (Å²) in [5.74, 6) is 0.604. The highest BCUT2D eigenvalue weighted by Gasteiger charge is 2.24. The second-order valence-corrected chi connectivity index (χ2v) is 7.53. The third kappa shape index (κ3) is 4.28. The van der Waals surface area contributed by atoms with Crippen LogP contribution >= 0.6 is 0 Å². The van der Waals surface area contributed by atoms with Crippen molar-refractivity contribution >= 4 is 11.7 Å². The Labute approximate surface area is 156 Å². The molecule has 1 aromatic heterocycles. The van der Waals surface area contributed by atoms with Gasteiger partial charge < -0.3 is 14.6 Å². The summed E-state index contributed by atoms with van der Waals surface area (Å²) in [6.07, 6.45) is 7.08. The number of carbonyl (C=O) groups is 1. The predicted octanol–water partition coefficient (Wildman–Crippen LogP) is 2.97.